The summed E-state index contributed by atoms with van der Waals surface area (Å²) in [5, 5.41) is 3.19. The first-order valence-corrected chi connectivity index (χ1v) is 10.3. The van der Waals surface area contributed by atoms with Crippen LogP contribution in [0, 0.1) is 5.92 Å². The molecule has 1 N–H and O–H groups in total. The zero-order valence-corrected chi connectivity index (χ0v) is 17.3. The topological polar surface area (TPSA) is 82.6 Å². The lowest BCUT2D eigenvalue weighted by Gasteiger charge is -2.29. The van der Waals surface area contributed by atoms with Gasteiger partial charge in [0, 0.05) is 31.8 Å². The molecule has 2 aromatic rings. The average molecular weight is 406 g/mol. The summed E-state index contributed by atoms with van der Waals surface area (Å²) >= 11 is 0. The summed E-state index contributed by atoms with van der Waals surface area (Å²) < 4.78 is 0. The second-order valence-corrected chi connectivity index (χ2v) is 8.07. The number of pyridine rings is 1. The largest absolute Gasteiger partial charge is 0.346 e. The molecule has 0 bridgehead atoms. The summed E-state index contributed by atoms with van der Waals surface area (Å²) in [6.07, 6.45) is 3.11. The van der Waals surface area contributed by atoms with Gasteiger partial charge in [0.1, 0.15) is 5.69 Å². The molecule has 0 radical (unpaired) electrons. The van der Waals surface area contributed by atoms with Gasteiger partial charge in [-0.05, 0) is 37.4 Å². The molecule has 2 unspecified atom stereocenters. The third kappa shape index (κ3) is 3.85. The molecule has 1 aromatic heterocycles. The Morgan fingerprint density at radius 1 is 1.20 bits per heavy atom. The van der Waals surface area contributed by atoms with E-state index in [2.05, 4.69) is 10.3 Å². The van der Waals surface area contributed by atoms with Crippen molar-refractivity contribution in [2.24, 2.45) is 5.92 Å². The number of carbonyl (C=O) groups excluding carboxylic acids is 3. The van der Waals surface area contributed by atoms with Crippen LogP contribution in [0.25, 0.3) is 11.1 Å². The van der Waals surface area contributed by atoms with Crippen molar-refractivity contribution in [3.05, 3.63) is 48.3 Å². The zero-order chi connectivity index (χ0) is 21.3. The van der Waals surface area contributed by atoms with Crippen molar-refractivity contribution in [2.45, 2.75) is 25.8 Å². The van der Waals surface area contributed by atoms with Gasteiger partial charge >= 0.3 is 0 Å². The summed E-state index contributed by atoms with van der Waals surface area (Å²) in [5.41, 5.74) is 2.76. The Bertz CT molecular complexity index is 976. The van der Waals surface area contributed by atoms with Crippen LogP contribution in [0.4, 0.5) is 5.69 Å². The van der Waals surface area contributed by atoms with Gasteiger partial charge in [0.15, 0.2) is 0 Å². The van der Waals surface area contributed by atoms with E-state index in [4.69, 9.17) is 0 Å². The van der Waals surface area contributed by atoms with Crippen LogP contribution in [-0.4, -0.2) is 60.2 Å². The molecular weight excluding hydrogens is 380 g/mol. The number of fused-ring (bicyclic) bond motifs is 1. The zero-order valence-electron chi connectivity index (χ0n) is 17.3. The molecule has 30 heavy (non-hydrogen) atoms. The van der Waals surface area contributed by atoms with Crippen molar-refractivity contribution in [3.63, 3.8) is 0 Å². The maximum Gasteiger partial charge on any atom is 0.241 e. The molecule has 156 valence electrons. The number of amides is 2. The minimum absolute atomic E-state index is 0.118. The lowest BCUT2D eigenvalue weighted by Crippen LogP contribution is -2.45. The van der Waals surface area contributed by atoms with Gasteiger partial charge < -0.3 is 10.2 Å². The Hall–Kier alpha value is -3.06. The van der Waals surface area contributed by atoms with Crippen LogP contribution < -0.4 is 10.2 Å². The van der Waals surface area contributed by atoms with Crippen molar-refractivity contribution in [3.8, 4) is 11.1 Å². The standard InChI is InChI=1S/C23H26N4O3/c1-15-23(30)22-19(11-18(13-25-22)17-6-4-3-5-7-17)27(15)21(29)14-24-12-16-8-9-26(2)20(28)10-16/h3-7,11,13,15-16,24H,8-10,12,14H2,1-2H3. The quantitative estimate of drug-likeness (QED) is 0.823. The normalized spacial score (nSPS) is 21.1. The molecule has 1 aromatic carbocycles. The van der Waals surface area contributed by atoms with E-state index >= 15 is 0 Å². The first-order valence-electron chi connectivity index (χ1n) is 10.3. The lowest BCUT2D eigenvalue weighted by molar-refractivity contribution is -0.133. The molecule has 1 fully saturated rings. The summed E-state index contributed by atoms with van der Waals surface area (Å²) in [6.45, 7) is 3.21. The number of likely N-dealkylation sites (tertiary alicyclic amines) is 1. The van der Waals surface area contributed by atoms with Gasteiger partial charge in [-0.15, -0.1) is 0 Å². The van der Waals surface area contributed by atoms with Gasteiger partial charge in [0.2, 0.25) is 17.6 Å². The number of ketones is 1. The van der Waals surface area contributed by atoms with Crippen molar-refractivity contribution in [1.82, 2.24) is 15.2 Å². The number of rotatable bonds is 5. The van der Waals surface area contributed by atoms with Crippen molar-refractivity contribution in [1.29, 1.82) is 0 Å². The minimum Gasteiger partial charge on any atom is -0.346 e. The first-order chi connectivity index (χ1) is 14.5. The van der Waals surface area contributed by atoms with Gasteiger partial charge in [0.25, 0.3) is 0 Å². The van der Waals surface area contributed by atoms with E-state index in [1.165, 1.54) is 0 Å². The fourth-order valence-electron chi connectivity index (χ4n) is 4.14. The Kier molecular flexibility index (Phi) is 5.63. The molecule has 0 aliphatic carbocycles. The number of Topliss-reactive ketones (excluding diaryl/α,β-unsaturated/α-hetero) is 1. The van der Waals surface area contributed by atoms with Crippen LogP contribution in [0.5, 0.6) is 0 Å². The molecule has 2 aliphatic heterocycles. The SMILES string of the molecule is CC1C(=O)c2ncc(-c3ccccc3)cc2N1C(=O)CNCC1CCN(C)C(=O)C1. The highest BCUT2D eigenvalue weighted by Gasteiger charge is 2.39. The summed E-state index contributed by atoms with van der Waals surface area (Å²) in [5.74, 6) is 0.0732. The predicted octanol–water partition coefficient (Wildman–Crippen LogP) is 2.12. The van der Waals surface area contributed by atoms with Crippen LogP contribution >= 0.6 is 0 Å². The van der Waals surface area contributed by atoms with Gasteiger partial charge in [-0.2, -0.15) is 0 Å². The van der Waals surface area contributed by atoms with Gasteiger partial charge in [0.05, 0.1) is 18.3 Å². The number of hydrogen-bond acceptors (Lipinski definition) is 5. The second-order valence-electron chi connectivity index (χ2n) is 8.07. The lowest BCUT2D eigenvalue weighted by atomic mass is 9.96. The molecule has 3 heterocycles. The average Bonchev–Trinajstić information content (AvgIpc) is 3.01. The number of anilines is 1. The summed E-state index contributed by atoms with van der Waals surface area (Å²) in [4.78, 5) is 45.1. The molecular formula is C23H26N4O3. The van der Waals surface area contributed by atoms with Crippen LogP contribution in [0.2, 0.25) is 0 Å². The number of carbonyl (C=O) groups is 3. The highest BCUT2D eigenvalue weighted by atomic mass is 16.2. The number of aromatic nitrogens is 1. The number of hydrogen-bond donors (Lipinski definition) is 1. The summed E-state index contributed by atoms with van der Waals surface area (Å²) in [7, 11) is 1.82. The van der Waals surface area contributed by atoms with Crippen LogP contribution in [0.1, 0.15) is 30.3 Å². The van der Waals surface area contributed by atoms with E-state index < -0.39 is 6.04 Å². The Morgan fingerprint density at radius 3 is 2.70 bits per heavy atom. The first kappa shape index (κ1) is 20.2. The van der Waals surface area contributed by atoms with E-state index in [9.17, 15) is 14.4 Å². The number of nitrogens with zero attached hydrogens (tertiary/aromatic N) is 3. The number of piperidine rings is 1. The van der Waals surface area contributed by atoms with Crippen molar-refractivity contribution in [2.75, 3.05) is 31.6 Å². The number of nitrogens with one attached hydrogen (secondary N) is 1. The van der Waals surface area contributed by atoms with E-state index in [0.29, 0.717) is 24.3 Å². The molecule has 1 saturated heterocycles. The monoisotopic (exact) mass is 406 g/mol. The number of benzene rings is 1. The van der Waals surface area contributed by atoms with E-state index in [0.717, 1.165) is 24.1 Å². The maximum atomic E-state index is 13.0. The van der Waals surface area contributed by atoms with Crippen LogP contribution in [0.3, 0.4) is 0 Å². The van der Waals surface area contributed by atoms with Crippen molar-refractivity contribution >= 4 is 23.3 Å². The van der Waals surface area contributed by atoms with Gasteiger partial charge in [-0.25, -0.2) is 0 Å². The molecule has 2 aliphatic rings. The Balaban J connectivity index is 1.46. The molecule has 7 nitrogen and oxygen atoms in total. The molecule has 7 heteroatoms. The predicted molar refractivity (Wildman–Crippen MR) is 114 cm³/mol. The van der Waals surface area contributed by atoms with Crippen LogP contribution in [0.15, 0.2) is 42.6 Å². The van der Waals surface area contributed by atoms with Gasteiger partial charge in [-0.1, -0.05) is 30.3 Å². The van der Waals surface area contributed by atoms with Gasteiger partial charge in [-0.3, -0.25) is 24.3 Å². The fraction of sp³-hybridized carbons (Fsp3) is 0.391. The van der Waals surface area contributed by atoms with E-state index in [1.54, 1.807) is 22.9 Å². The fourth-order valence-corrected chi connectivity index (χ4v) is 4.14. The third-order valence-corrected chi connectivity index (χ3v) is 5.97. The Morgan fingerprint density at radius 2 is 1.97 bits per heavy atom. The van der Waals surface area contributed by atoms with Crippen LogP contribution in [-0.2, 0) is 9.59 Å². The smallest absolute Gasteiger partial charge is 0.241 e. The summed E-state index contributed by atoms with van der Waals surface area (Å²) in [6, 6.07) is 11.1. The molecule has 0 spiro atoms. The highest BCUT2D eigenvalue weighted by molar-refractivity contribution is 6.17. The third-order valence-electron chi connectivity index (χ3n) is 5.97. The molecule has 4 rings (SSSR count). The molecule has 2 amide bonds. The molecule has 2 atom stereocenters. The van der Waals surface area contributed by atoms with Crippen molar-refractivity contribution < 1.29 is 14.4 Å². The second kappa shape index (κ2) is 8.36. The molecule has 0 saturated carbocycles. The minimum atomic E-state index is -0.572. The van der Waals surface area contributed by atoms with E-state index in [-0.39, 0.29) is 30.1 Å². The Labute approximate surface area is 176 Å². The highest BCUT2D eigenvalue weighted by Crippen LogP contribution is 2.34. The maximum absolute atomic E-state index is 13.0. The van der Waals surface area contributed by atoms with E-state index in [1.807, 2.05) is 43.4 Å².